The van der Waals surface area contributed by atoms with Crippen molar-refractivity contribution in [3.8, 4) is 0 Å². The van der Waals surface area contributed by atoms with Gasteiger partial charge in [0.1, 0.15) is 5.82 Å². The molecule has 0 heterocycles. The van der Waals surface area contributed by atoms with Gasteiger partial charge in [-0.15, -0.1) is 0 Å². The van der Waals surface area contributed by atoms with Crippen LogP contribution in [0.5, 0.6) is 0 Å². The van der Waals surface area contributed by atoms with E-state index in [1.54, 1.807) is 19.1 Å². The van der Waals surface area contributed by atoms with Crippen LogP contribution in [0.4, 0.5) is 4.39 Å². The molecule has 0 fully saturated rings. The van der Waals surface area contributed by atoms with E-state index in [-0.39, 0.29) is 25.1 Å². The molecule has 4 heteroatoms. The first kappa shape index (κ1) is 13.1. The quantitative estimate of drug-likeness (QED) is 0.709. The Kier molecular flexibility index (Phi) is 4.41. The average molecular weight is 227 g/mol. The molecule has 0 saturated carbocycles. The van der Waals surface area contributed by atoms with Gasteiger partial charge in [-0.3, -0.25) is 0 Å². The highest BCUT2D eigenvalue weighted by Crippen LogP contribution is 2.17. The molecule has 90 valence electrons. The monoisotopic (exact) mass is 227 g/mol. The van der Waals surface area contributed by atoms with E-state index in [0.29, 0.717) is 0 Å². The van der Waals surface area contributed by atoms with E-state index < -0.39 is 5.54 Å². The fourth-order valence-corrected chi connectivity index (χ4v) is 1.52. The molecule has 3 nitrogen and oxygen atoms in total. The molecule has 1 aromatic rings. The van der Waals surface area contributed by atoms with Gasteiger partial charge in [-0.25, -0.2) is 4.39 Å². The minimum Gasteiger partial charge on any atom is -0.394 e. The van der Waals surface area contributed by atoms with Crippen LogP contribution in [0.15, 0.2) is 24.3 Å². The molecular formula is C12H18FNO2. The van der Waals surface area contributed by atoms with Gasteiger partial charge in [-0.2, -0.15) is 0 Å². The molecule has 1 rings (SSSR count). The molecule has 0 spiro atoms. The summed E-state index contributed by atoms with van der Waals surface area (Å²) in [6.07, 6.45) is 0. The third-order valence-electron chi connectivity index (χ3n) is 2.61. The van der Waals surface area contributed by atoms with Gasteiger partial charge >= 0.3 is 0 Å². The second kappa shape index (κ2) is 5.39. The van der Waals surface area contributed by atoms with Gasteiger partial charge in [0.2, 0.25) is 0 Å². The second-order valence-corrected chi connectivity index (χ2v) is 4.30. The number of rotatable bonds is 5. The van der Waals surface area contributed by atoms with Crippen molar-refractivity contribution < 1.29 is 14.6 Å². The van der Waals surface area contributed by atoms with Crippen molar-refractivity contribution in [3.63, 3.8) is 0 Å². The summed E-state index contributed by atoms with van der Waals surface area (Å²) in [5, 5.41) is 21.3. The first-order valence-corrected chi connectivity index (χ1v) is 5.25. The van der Waals surface area contributed by atoms with Crippen LogP contribution >= 0.6 is 0 Å². The van der Waals surface area contributed by atoms with E-state index in [4.69, 9.17) is 10.2 Å². The van der Waals surface area contributed by atoms with Crippen LogP contribution in [0.2, 0.25) is 0 Å². The van der Waals surface area contributed by atoms with Gasteiger partial charge in [0.05, 0.1) is 18.8 Å². The van der Waals surface area contributed by atoms with Crippen LogP contribution in [-0.4, -0.2) is 29.0 Å². The topological polar surface area (TPSA) is 52.5 Å². The van der Waals surface area contributed by atoms with Gasteiger partial charge in [0.25, 0.3) is 0 Å². The lowest BCUT2D eigenvalue weighted by Crippen LogP contribution is -2.49. The molecule has 1 unspecified atom stereocenters. The summed E-state index contributed by atoms with van der Waals surface area (Å²) in [6.45, 7) is 3.22. The summed E-state index contributed by atoms with van der Waals surface area (Å²) in [7, 11) is 0. The summed E-state index contributed by atoms with van der Waals surface area (Å²) in [5.74, 6) is -0.291. The first-order valence-electron chi connectivity index (χ1n) is 5.25. The number of halogens is 1. The van der Waals surface area contributed by atoms with Crippen molar-refractivity contribution in [2.75, 3.05) is 13.2 Å². The SMILES string of the molecule is CC(NC(C)(CO)CO)c1cccc(F)c1. The van der Waals surface area contributed by atoms with E-state index in [0.717, 1.165) is 5.56 Å². The van der Waals surface area contributed by atoms with Crippen molar-refractivity contribution in [3.05, 3.63) is 35.6 Å². The van der Waals surface area contributed by atoms with Crippen LogP contribution in [0, 0.1) is 5.82 Å². The second-order valence-electron chi connectivity index (χ2n) is 4.30. The third kappa shape index (κ3) is 3.27. The highest BCUT2D eigenvalue weighted by atomic mass is 19.1. The minimum atomic E-state index is -0.758. The standard InChI is InChI=1S/C12H18FNO2/c1-9(14-12(2,7-15)8-16)10-4-3-5-11(13)6-10/h3-6,9,14-16H,7-8H2,1-2H3. The van der Waals surface area contributed by atoms with E-state index in [2.05, 4.69) is 5.32 Å². The molecule has 0 bridgehead atoms. The third-order valence-corrected chi connectivity index (χ3v) is 2.61. The fourth-order valence-electron chi connectivity index (χ4n) is 1.52. The van der Waals surface area contributed by atoms with Crippen LogP contribution < -0.4 is 5.32 Å². The number of aliphatic hydroxyl groups excluding tert-OH is 2. The first-order chi connectivity index (χ1) is 7.50. The average Bonchev–Trinajstić information content (AvgIpc) is 2.29. The minimum absolute atomic E-state index is 0.139. The maximum absolute atomic E-state index is 13.0. The van der Waals surface area contributed by atoms with Gasteiger partial charge < -0.3 is 15.5 Å². The number of aliphatic hydroxyl groups is 2. The van der Waals surface area contributed by atoms with Crippen LogP contribution in [-0.2, 0) is 0 Å². The molecule has 1 atom stereocenters. The zero-order valence-electron chi connectivity index (χ0n) is 9.57. The Balaban J connectivity index is 2.75. The Bertz CT molecular complexity index is 340. The smallest absolute Gasteiger partial charge is 0.123 e. The Hall–Kier alpha value is -0.970. The Morgan fingerprint density at radius 2 is 2.00 bits per heavy atom. The zero-order valence-corrected chi connectivity index (χ0v) is 9.57. The van der Waals surface area contributed by atoms with Crippen LogP contribution in [0.25, 0.3) is 0 Å². The lowest BCUT2D eigenvalue weighted by atomic mass is 10.0. The number of nitrogens with one attached hydrogen (secondary N) is 1. The Morgan fingerprint density at radius 1 is 1.38 bits per heavy atom. The van der Waals surface area contributed by atoms with Crippen LogP contribution in [0.3, 0.4) is 0 Å². The summed E-state index contributed by atoms with van der Waals surface area (Å²) in [4.78, 5) is 0. The molecule has 0 aromatic heterocycles. The van der Waals surface area contributed by atoms with Crippen LogP contribution in [0.1, 0.15) is 25.5 Å². The molecular weight excluding hydrogens is 209 g/mol. The molecule has 1 aromatic carbocycles. The highest BCUT2D eigenvalue weighted by molar-refractivity contribution is 5.20. The highest BCUT2D eigenvalue weighted by Gasteiger charge is 2.24. The van der Waals surface area contributed by atoms with Gasteiger partial charge in [0.15, 0.2) is 0 Å². The lowest BCUT2D eigenvalue weighted by Gasteiger charge is -2.30. The predicted molar refractivity (Wildman–Crippen MR) is 60.5 cm³/mol. The zero-order chi connectivity index (χ0) is 12.2. The number of hydrogen-bond donors (Lipinski definition) is 3. The Morgan fingerprint density at radius 3 is 2.50 bits per heavy atom. The molecule has 16 heavy (non-hydrogen) atoms. The molecule has 0 amide bonds. The normalized spacial score (nSPS) is 13.8. The van der Waals surface area contributed by atoms with Crippen molar-refractivity contribution in [1.82, 2.24) is 5.32 Å². The van der Waals surface area contributed by atoms with Crippen molar-refractivity contribution in [1.29, 1.82) is 0 Å². The van der Waals surface area contributed by atoms with Crippen molar-refractivity contribution in [2.24, 2.45) is 0 Å². The molecule has 0 aliphatic rings. The summed E-state index contributed by atoms with van der Waals surface area (Å²) in [5.41, 5.74) is 0.0271. The number of benzene rings is 1. The molecule has 3 N–H and O–H groups in total. The van der Waals surface area contributed by atoms with E-state index >= 15 is 0 Å². The predicted octanol–water partition coefficient (Wildman–Crippen LogP) is 1.22. The Labute approximate surface area is 94.9 Å². The maximum Gasteiger partial charge on any atom is 0.123 e. The summed E-state index contributed by atoms with van der Waals surface area (Å²) in [6, 6.07) is 6.12. The largest absolute Gasteiger partial charge is 0.394 e. The van der Waals surface area contributed by atoms with Gasteiger partial charge in [0, 0.05) is 6.04 Å². The van der Waals surface area contributed by atoms with E-state index in [1.807, 2.05) is 6.92 Å². The lowest BCUT2D eigenvalue weighted by molar-refractivity contribution is 0.0957. The molecule has 0 saturated heterocycles. The molecule has 0 radical (unpaired) electrons. The van der Waals surface area contributed by atoms with E-state index in [1.165, 1.54) is 12.1 Å². The summed E-state index contributed by atoms with van der Waals surface area (Å²) < 4.78 is 13.0. The maximum atomic E-state index is 13.0. The number of hydrogen-bond acceptors (Lipinski definition) is 3. The van der Waals surface area contributed by atoms with Crippen molar-refractivity contribution in [2.45, 2.75) is 25.4 Å². The molecule has 0 aliphatic heterocycles. The van der Waals surface area contributed by atoms with Gasteiger partial charge in [-0.1, -0.05) is 12.1 Å². The van der Waals surface area contributed by atoms with Gasteiger partial charge in [-0.05, 0) is 31.5 Å². The fraction of sp³-hybridized carbons (Fsp3) is 0.500. The summed E-state index contributed by atoms with van der Waals surface area (Å²) >= 11 is 0. The van der Waals surface area contributed by atoms with Crippen molar-refractivity contribution >= 4 is 0 Å². The molecule has 0 aliphatic carbocycles. The van der Waals surface area contributed by atoms with E-state index in [9.17, 15) is 4.39 Å².